The largest absolute Gasteiger partial charge is 0.273 e. The van der Waals surface area contributed by atoms with Crippen LogP contribution in [0.1, 0.15) is 35.7 Å². The number of carbonyl (C=O) groups excluding carboxylic acids is 3. The Balaban J connectivity index is 1.72. The molecule has 1 heterocycles. The van der Waals surface area contributed by atoms with E-state index in [1.165, 1.54) is 18.2 Å². The number of nitro groups is 1. The van der Waals surface area contributed by atoms with Gasteiger partial charge in [0.15, 0.2) is 0 Å². The van der Waals surface area contributed by atoms with Gasteiger partial charge in [0.05, 0.1) is 23.3 Å². The van der Waals surface area contributed by atoms with Gasteiger partial charge in [-0.3, -0.25) is 24.5 Å². The Kier molecular flexibility index (Phi) is 5.80. The molecule has 8 nitrogen and oxygen atoms in total. The van der Waals surface area contributed by atoms with E-state index >= 15 is 0 Å². The number of allylic oxidation sites excluding steroid dienone is 2. The SMILES string of the molecule is CC1=CC[C@@H]2C(=O)N(N(Cc3ccc(Cl)cc3)C(=O)c3cccc([N+](=O)[O-])c3)C(=O)[C@H]2C1. The molecule has 1 fully saturated rings. The number of carbonyl (C=O) groups is 3. The molecule has 2 atom stereocenters. The molecule has 1 aliphatic carbocycles. The number of rotatable bonds is 5. The lowest BCUT2D eigenvalue weighted by Crippen LogP contribution is -2.49. The van der Waals surface area contributed by atoms with E-state index in [9.17, 15) is 24.5 Å². The van der Waals surface area contributed by atoms with Gasteiger partial charge in [0.2, 0.25) is 0 Å². The molecule has 0 spiro atoms. The number of nitro benzene ring substituents is 1. The van der Waals surface area contributed by atoms with E-state index in [1.54, 1.807) is 24.3 Å². The first-order valence-corrected chi connectivity index (χ1v) is 10.5. The zero-order chi connectivity index (χ0) is 23.0. The summed E-state index contributed by atoms with van der Waals surface area (Å²) in [6.07, 6.45) is 2.85. The van der Waals surface area contributed by atoms with Crippen molar-refractivity contribution < 1.29 is 19.3 Å². The van der Waals surface area contributed by atoms with Gasteiger partial charge in [0.25, 0.3) is 23.4 Å². The molecule has 32 heavy (non-hydrogen) atoms. The highest BCUT2D eigenvalue weighted by Gasteiger charge is 2.51. The summed E-state index contributed by atoms with van der Waals surface area (Å²) in [5.41, 5.74) is 1.44. The van der Waals surface area contributed by atoms with E-state index in [-0.39, 0.29) is 17.8 Å². The number of non-ortho nitro benzene ring substituents is 1. The maximum absolute atomic E-state index is 13.5. The number of hydrogen-bond acceptors (Lipinski definition) is 5. The second-order valence-corrected chi connectivity index (χ2v) is 8.42. The number of hydrazine groups is 1. The molecule has 2 aromatic carbocycles. The number of nitrogens with zero attached hydrogens (tertiary/aromatic N) is 3. The Morgan fingerprint density at radius 1 is 1.16 bits per heavy atom. The van der Waals surface area contributed by atoms with Gasteiger partial charge in [-0.2, -0.15) is 5.01 Å². The fourth-order valence-corrected chi connectivity index (χ4v) is 4.28. The summed E-state index contributed by atoms with van der Waals surface area (Å²) in [5.74, 6) is -2.57. The van der Waals surface area contributed by atoms with Crippen molar-refractivity contribution in [1.29, 1.82) is 0 Å². The van der Waals surface area contributed by atoms with Crippen LogP contribution in [0, 0.1) is 22.0 Å². The maximum atomic E-state index is 13.5. The summed E-state index contributed by atoms with van der Waals surface area (Å²) in [7, 11) is 0. The number of fused-ring (bicyclic) bond motifs is 1. The third kappa shape index (κ3) is 4.01. The van der Waals surface area contributed by atoms with Crippen LogP contribution in [0.25, 0.3) is 0 Å². The lowest BCUT2D eigenvalue weighted by Gasteiger charge is -2.30. The standard InChI is InChI=1S/C23H20ClN3O5/c1-14-5-10-19-20(11-14)23(30)26(22(19)29)25(13-15-6-8-17(24)9-7-15)21(28)16-3-2-4-18(12-16)27(31)32/h2-9,12,19-20H,10-11,13H2,1H3/t19-,20-/m0/s1. The van der Waals surface area contributed by atoms with Crippen LogP contribution < -0.4 is 0 Å². The minimum absolute atomic E-state index is 0.0120. The minimum atomic E-state index is -0.673. The first-order chi connectivity index (χ1) is 15.3. The predicted molar refractivity (Wildman–Crippen MR) is 116 cm³/mol. The Bertz CT molecular complexity index is 1140. The number of amides is 3. The van der Waals surface area contributed by atoms with Gasteiger partial charge in [-0.25, -0.2) is 5.01 Å². The highest BCUT2D eigenvalue weighted by Crippen LogP contribution is 2.39. The highest BCUT2D eigenvalue weighted by molar-refractivity contribution is 6.30. The summed E-state index contributed by atoms with van der Waals surface area (Å²) in [4.78, 5) is 50.5. The molecular weight excluding hydrogens is 434 g/mol. The molecule has 4 rings (SSSR count). The van der Waals surface area contributed by atoms with Crippen LogP contribution in [0.15, 0.2) is 60.2 Å². The smallest absolute Gasteiger partial charge is 0.272 e. The Labute approximate surface area is 189 Å². The number of halogens is 1. The molecule has 0 bridgehead atoms. The summed E-state index contributed by atoms with van der Waals surface area (Å²) in [6, 6.07) is 11.9. The molecule has 9 heteroatoms. The van der Waals surface area contributed by atoms with Crippen molar-refractivity contribution >= 4 is 35.0 Å². The van der Waals surface area contributed by atoms with Crippen molar-refractivity contribution in [2.45, 2.75) is 26.3 Å². The normalized spacial score (nSPS) is 20.1. The Morgan fingerprint density at radius 2 is 1.84 bits per heavy atom. The van der Waals surface area contributed by atoms with Crippen LogP contribution >= 0.6 is 11.6 Å². The fraction of sp³-hybridized carbons (Fsp3) is 0.261. The van der Waals surface area contributed by atoms with E-state index in [0.717, 1.165) is 21.7 Å². The van der Waals surface area contributed by atoms with E-state index in [0.29, 0.717) is 23.4 Å². The molecule has 164 valence electrons. The average molecular weight is 454 g/mol. The fourth-order valence-electron chi connectivity index (χ4n) is 4.16. The van der Waals surface area contributed by atoms with Gasteiger partial charge < -0.3 is 0 Å². The molecule has 3 amide bonds. The Hall–Kier alpha value is -3.52. The topological polar surface area (TPSA) is 101 Å². The number of hydrogen-bond donors (Lipinski definition) is 0. The molecule has 0 radical (unpaired) electrons. The van der Waals surface area contributed by atoms with E-state index < -0.39 is 34.5 Å². The van der Waals surface area contributed by atoms with Crippen LogP contribution in [-0.4, -0.2) is 32.7 Å². The van der Waals surface area contributed by atoms with Crippen molar-refractivity contribution in [3.05, 3.63) is 86.4 Å². The summed E-state index contributed by atoms with van der Waals surface area (Å²) in [6.45, 7) is 1.85. The van der Waals surface area contributed by atoms with Gasteiger partial charge in [-0.1, -0.05) is 41.4 Å². The molecular formula is C23H20ClN3O5. The molecule has 2 aliphatic rings. The van der Waals surface area contributed by atoms with Crippen molar-refractivity contribution in [3.8, 4) is 0 Å². The molecule has 1 saturated heterocycles. The number of benzene rings is 2. The van der Waals surface area contributed by atoms with Gasteiger partial charge in [0, 0.05) is 22.7 Å². The summed E-state index contributed by atoms with van der Waals surface area (Å²) < 4.78 is 0. The third-order valence-corrected chi connectivity index (χ3v) is 6.08. The van der Waals surface area contributed by atoms with Crippen molar-refractivity contribution in [2.24, 2.45) is 11.8 Å². The quantitative estimate of drug-likeness (QED) is 0.293. The van der Waals surface area contributed by atoms with Crippen LogP contribution in [-0.2, 0) is 16.1 Å². The van der Waals surface area contributed by atoms with Crippen molar-refractivity contribution in [3.63, 3.8) is 0 Å². The first-order valence-electron chi connectivity index (χ1n) is 10.1. The van der Waals surface area contributed by atoms with Crippen molar-refractivity contribution in [1.82, 2.24) is 10.0 Å². The van der Waals surface area contributed by atoms with Crippen LogP contribution in [0.4, 0.5) is 5.69 Å². The van der Waals surface area contributed by atoms with E-state index in [4.69, 9.17) is 11.6 Å². The maximum Gasteiger partial charge on any atom is 0.273 e. The van der Waals surface area contributed by atoms with Crippen LogP contribution in [0.2, 0.25) is 5.02 Å². The second kappa shape index (κ2) is 8.55. The monoisotopic (exact) mass is 453 g/mol. The van der Waals surface area contributed by atoms with Gasteiger partial charge >= 0.3 is 0 Å². The summed E-state index contributed by atoms with van der Waals surface area (Å²) >= 11 is 5.95. The lowest BCUT2D eigenvalue weighted by molar-refractivity contribution is -0.384. The highest BCUT2D eigenvalue weighted by atomic mass is 35.5. The number of imide groups is 1. The van der Waals surface area contributed by atoms with E-state index in [2.05, 4.69) is 0 Å². The van der Waals surface area contributed by atoms with Crippen molar-refractivity contribution in [2.75, 3.05) is 0 Å². The van der Waals surface area contributed by atoms with Gasteiger partial charge in [-0.05, 0) is 43.5 Å². The minimum Gasteiger partial charge on any atom is -0.272 e. The third-order valence-electron chi connectivity index (χ3n) is 5.83. The Morgan fingerprint density at radius 3 is 2.53 bits per heavy atom. The molecule has 0 saturated carbocycles. The molecule has 0 unspecified atom stereocenters. The summed E-state index contributed by atoms with van der Waals surface area (Å²) in [5, 5.41) is 13.7. The van der Waals surface area contributed by atoms with Crippen LogP contribution in [0.5, 0.6) is 0 Å². The zero-order valence-corrected chi connectivity index (χ0v) is 18.0. The molecule has 0 aromatic heterocycles. The van der Waals surface area contributed by atoms with Gasteiger partial charge in [0.1, 0.15) is 0 Å². The molecule has 0 N–H and O–H groups in total. The zero-order valence-electron chi connectivity index (χ0n) is 17.2. The van der Waals surface area contributed by atoms with Gasteiger partial charge in [-0.15, -0.1) is 0 Å². The first kappa shape index (κ1) is 21.7. The lowest BCUT2D eigenvalue weighted by atomic mass is 9.82. The average Bonchev–Trinajstić information content (AvgIpc) is 3.02. The molecule has 2 aromatic rings. The molecule has 1 aliphatic heterocycles. The van der Waals surface area contributed by atoms with E-state index in [1.807, 2.05) is 13.0 Å². The predicted octanol–water partition coefficient (Wildman–Crippen LogP) is 4.15. The van der Waals surface area contributed by atoms with Crippen LogP contribution in [0.3, 0.4) is 0 Å². The second-order valence-electron chi connectivity index (χ2n) is 7.99.